The van der Waals surface area contributed by atoms with Gasteiger partial charge in [0.15, 0.2) is 5.76 Å². The van der Waals surface area contributed by atoms with Gasteiger partial charge < -0.3 is 8.83 Å². The van der Waals surface area contributed by atoms with E-state index in [0.717, 1.165) is 5.56 Å². The van der Waals surface area contributed by atoms with Crippen LogP contribution in [-0.2, 0) is 0 Å². The van der Waals surface area contributed by atoms with Crippen molar-refractivity contribution >= 4 is 5.57 Å². The molecule has 0 saturated heterocycles. The molecule has 1 heterocycles. The second-order valence-electron chi connectivity index (χ2n) is 2.80. The molecule has 0 N–H and O–H groups in total. The molecule has 0 aliphatic carbocycles. The normalized spacial score (nSPS) is 10.0. The Morgan fingerprint density at radius 1 is 1.21 bits per heavy atom. The number of rotatable bonds is 2. The Balaban J connectivity index is 2.38. The summed E-state index contributed by atoms with van der Waals surface area (Å²) < 4.78 is 9.30. The van der Waals surface area contributed by atoms with Crippen LogP contribution in [-0.4, -0.2) is 0 Å². The molecule has 70 valence electrons. The van der Waals surface area contributed by atoms with Crippen molar-refractivity contribution in [1.82, 2.24) is 0 Å². The van der Waals surface area contributed by atoms with Gasteiger partial charge in [0.2, 0.25) is 0 Å². The van der Waals surface area contributed by atoms with E-state index in [1.165, 1.54) is 6.26 Å². The third-order valence-electron chi connectivity index (χ3n) is 1.88. The van der Waals surface area contributed by atoms with E-state index in [2.05, 4.69) is 11.0 Å². The predicted molar refractivity (Wildman–Crippen MR) is 51.8 cm³/mol. The second-order valence-corrected chi connectivity index (χ2v) is 2.80. The minimum absolute atomic E-state index is 0.362. The fourth-order valence-corrected chi connectivity index (χ4v) is 1.15. The van der Waals surface area contributed by atoms with Crippen molar-refractivity contribution in [3.05, 3.63) is 65.1 Å². The molecule has 0 fully saturated rings. The average molecular weight is 188 g/mol. The smallest absolute Gasteiger partial charge is 0.399 e. The van der Waals surface area contributed by atoms with Gasteiger partial charge in [-0.3, -0.25) is 0 Å². The van der Waals surface area contributed by atoms with E-state index in [0.29, 0.717) is 11.3 Å². The van der Waals surface area contributed by atoms with Gasteiger partial charge in [-0.1, -0.05) is 36.9 Å². The first kappa shape index (κ1) is 8.56. The highest BCUT2D eigenvalue weighted by Gasteiger charge is 2.07. The third-order valence-corrected chi connectivity index (χ3v) is 1.88. The topological polar surface area (TPSA) is 43.4 Å². The maximum absolute atomic E-state index is 10.7. The quantitative estimate of drug-likeness (QED) is 0.726. The highest BCUT2D eigenvalue weighted by molar-refractivity contribution is 5.74. The molecule has 1 aromatic carbocycles. The largest absolute Gasteiger partial charge is 0.519 e. The van der Waals surface area contributed by atoms with Gasteiger partial charge in [0.1, 0.15) is 6.26 Å². The maximum atomic E-state index is 10.7. The van der Waals surface area contributed by atoms with E-state index in [1.54, 1.807) is 0 Å². The number of hydrogen-bond acceptors (Lipinski definition) is 3. The zero-order valence-electron chi connectivity index (χ0n) is 7.40. The van der Waals surface area contributed by atoms with Crippen molar-refractivity contribution in [2.24, 2.45) is 0 Å². The van der Waals surface area contributed by atoms with Gasteiger partial charge in [-0.25, -0.2) is 4.79 Å². The SMILES string of the molecule is C=C(c1ccccc1)c1coc(=O)o1. The van der Waals surface area contributed by atoms with Crippen molar-refractivity contribution in [3.63, 3.8) is 0 Å². The minimum Gasteiger partial charge on any atom is -0.399 e. The molecule has 0 atom stereocenters. The molecule has 14 heavy (non-hydrogen) atoms. The lowest BCUT2D eigenvalue weighted by Crippen LogP contribution is -1.87. The molecule has 2 aromatic rings. The fourth-order valence-electron chi connectivity index (χ4n) is 1.15. The van der Waals surface area contributed by atoms with Crippen LogP contribution in [0.3, 0.4) is 0 Å². The molecule has 0 unspecified atom stereocenters. The van der Waals surface area contributed by atoms with Crippen LogP contribution in [0.25, 0.3) is 5.57 Å². The van der Waals surface area contributed by atoms with Crippen LogP contribution in [0, 0.1) is 0 Å². The monoisotopic (exact) mass is 188 g/mol. The Labute approximate surface area is 80.3 Å². The molecule has 3 nitrogen and oxygen atoms in total. The number of hydrogen-bond donors (Lipinski definition) is 0. The van der Waals surface area contributed by atoms with Crippen LogP contribution in [0.4, 0.5) is 0 Å². The van der Waals surface area contributed by atoms with Gasteiger partial charge in [-0.2, -0.15) is 0 Å². The Bertz CT molecular complexity index is 491. The first-order valence-electron chi connectivity index (χ1n) is 4.11. The lowest BCUT2D eigenvalue weighted by Gasteiger charge is -1.99. The van der Waals surface area contributed by atoms with E-state index < -0.39 is 5.82 Å². The van der Waals surface area contributed by atoms with Crippen LogP contribution in [0.2, 0.25) is 0 Å². The first-order valence-corrected chi connectivity index (χ1v) is 4.11. The minimum atomic E-state index is -0.711. The van der Waals surface area contributed by atoms with E-state index in [4.69, 9.17) is 4.42 Å². The van der Waals surface area contributed by atoms with Crippen LogP contribution in [0.1, 0.15) is 11.3 Å². The summed E-state index contributed by atoms with van der Waals surface area (Å²) >= 11 is 0. The fraction of sp³-hybridized carbons (Fsp3) is 0. The Hall–Kier alpha value is -2.03. The predicted octanol–water partition coefficient (Wildman–Crippen LogP) is 2.29. The molecular weight excluding hydrogens is 180 g/mol. The first-order chi connectivity index (χ1) is 6.77. The molecule has 1 aromatic heterocycles. The van der Waals surface area contributed by atoms with Crippen LogP contribution in [0.5, 0.6) is 0 Å². The molecule has 0 aliphatic rings. The van der Waals surface area contributed by atoms with Crippen molar-refractivity contribution in [3.8, 4) is 0 Å². The summed E-state index contributed by atoms with van der Waals surface area (Å²) in [6.45, 7) is 3.82. The number of benzene rings is 1. The van der Waals surface area contributed by atoms with E-state index >= 15 is 0 Å². The summed E-state index contributed by atoms with van der Waals surface area (Å²) in [6.07, 6.45) is 1.26. The summed E-state index contributed by atoms with van der Waals surface area (Å²) in [5.41, 5.74) is 1.54. The third kappa shape index (κ3) is 1.52. The van der Waals surface area contributed by atoms with Gasteiger partial charge in [0, 0.05) is 5.57 Å². The summed E-state index contributed by atoms with van der Waals surface area (Å²) in [5, 5.41) is 0. The molecule has 2 rings (SSSR count). The van der Waals surface area contributed by atoms with Gasteiger partial charge >= 0.3 is 5.82 Å². The van der Waals surface area contributed by atoms with Gasteiger partial charge in [-0.05, 0) is 5.56 Å². The van der Waals surface area contributed by atoms with Crippen LogP contribution in [0.15, 0.2) is 56.8 Å². The summed E-state index contributed by atoms with van der Waals surface area (Å²) in [5.74, 6) is -0.349. The lowest BCUT2D eigenvalue weighted by molar-refractivity contribution is 0.383. The molecule has 0 bridgehead atoms. The standard InChI is InChI=1S/C11H8O3/c1-8(9-5-3-2-4-6-9)10-7-13-11(12)14-10/h2-7H,1H2. The lowest BCUT2D eigenvalue weighted by atomic mass is 10.1. The molecule has 0 radical (unpaired) electrons. The molecule has 0 amide bonds. The molecule has 0 aliphatic heterocycles. The Morgan fingerprint density at radius 2 is 1.93 bits per heavy atom. The zero-order chi connectivity index (χ0) is 9.97. The molecule has 0 saturated carbocycles. The second kappa shape index (κ2) is 3.38. The van der Waals surface area contributed by atoms with Crippen molar-refractivity contribution < 1.29 is 8.83 Å². The van der Waals surface area contributed by atoms with Crippen LogP contribution < -0.4 is 5.82 Å². The van der Waals surface area contributed by atoms with Crippen molar-refractivity contribution in [2.45, 2.75) is 0 Å². The van der Waals surface area contributed by atoms with E-state index in [-0.39, 0.29) is 0 Å². The maximum Gasteiger partial charge on any atom is 0.519 e. The highest BCUT2D eigenvalue weighted by atomic mass is 16.6. The van der Waals surface area contributed by atoms with E-state index in [9.17, 15) is 4.79 Å². The Kier molecular flexibility index (Phi) is 2.07. The van der Waals surface area contributed by atoms with Gasteiger partial charge in [0.05, 0.1) is 0 Å². The van der Waals surface area contributed by atoms with Crippen LogP contribution >= 0.6 is 0 Å². The highest BCUT2D eigenvalue weighted by Crippen LogP contribution is 2.19. The van der Waals surface area contributed by atoms with Gasteiger partial charge in [0.25, 0.3) is 0 Å². The summed E-state index contributed by atoms with van der Waals surface area (Å²) in [6, 6.07) is 9.45. The van der Waals surface area contributed by atoms with Crippen molar-refractivity contribution in [2.75, 3.05) is 0 Å². The zero-order valence-corrected chi connectivity index (χ0v) is 7.40. The van der Waals surface area contributed by atoms with Gasteiger partial charge in [-0.15, -0.1) is 0 Å². The van der Waals surface area contributed by atoms with Crippen molar-refractivity contribution in [1.29, 1.82) is 0 Å². The Morgan fingerprint density at radius 3 is 2.50 bits per heavy atom. The molecular formula is C11H8O3. The van der Waals surface area contributed by atoms with E-state index in [1.807, 2.05) is 30.3 Å². The summed E-state index contributed by atoms with van der Waals surface area (Å²) in [4.78, 5) is 10.7. The summed E-state index contributed by atoms with van der Waals surface area (Å²) in [7, 11) is 0. The average Bonchev–Trinajstić information content (AvgIpc) is 2.65. The molecule has 0 spiro atoms. The molecule has 3 heteroatoms.